The van der Waals surface area contributed by atoms with Crippen LogP contribution in [0, 0.1) is 13.8 Å². The van der Waals surface area contributed by atoms with E-state index in [0.717, 1.165) is 61.5 Å². The Morgan fingerprint density at radius 1 is 0.769 bits per heavy atom. The molecule has 0 aromatic heterocycles. The summed E-state index contributed by atoms with van der Waals surface area (Å²) in [7, 11) is -9.39. The van der Waals surface area contributed by atoms with E-state index < -0.39 is 35.4 Å². The van der Waals surface area contributed by atoms with E-state index in [4.69, 9.17) is 0 Å². The molecule has 0 radical (unpaired) electrons. The lowest BCUT2D eigenvalue weighted by molar-refractivity contribution is -0.440. The molecular weight excluding hydrogens is 693 g/mol. The first-order valence-electron chi connectivity index (χ1n) is 18.5. The van der Waals surface area contributed by atoms with E-state index in [-0.39, 0.29) is 16.8 Å². The molecule has 52 heavy (non-hydrogen) atoms. The molecule has 4 aromatic carbocycles. The van der Waals surface area contributed by atoms with E-state index in [1.165, 1.54) is 53.9 Å². The third-order valence-corrected chi connectivity index (χ3v) is 13.2. The van der Waals surface area contributed by atoms with Gasteiger partial charge < -0.3 is 4.90 Å². The van der Waals surface area contributed by atoms with Crippen molar-refractivity contribution in [3.05, 3.63) is 89.0 Å². The monoisotopic (exact) mass is 745 g/mol. The number of nitrogens with zero attached hydrogens (tertiary/aromatic N) is 2. The van der Waals surface area contributed by atoms with Gasteiger partial charge in [0, 0.05) is 52.7 Å². The van der Waals surface area contributed by atoms with Gasteiger partial charge in [0.15, 0.2) is 5.71 Å². The molecule has 2 heterocycles. The van der Waals surface area contributed by atoms with Gasteiger partial charge in [0.2, 0.25) is 5.69 Å². The second kappa shape index (κ2) is 14.0. The fourth-order valence-electron chi connectivity index (χ4n) is 8.90. The zero-order valence-corrected chi connectivity index (χ0v) is 33.2. The second-order valence-electron chi connectivity index (χ2n) is 15.9. The average Bonchev–Trinajstić information content (AvgIpc) is 3.41. The van der Waals surface area contributed by atoms with Gasteiger partial charge in [-0.05, 0) is 99.9 Å². The minimum Gasteiger partial charge on any atom is -0.337 e. The van der Waals surface area contributed by atoms with E-state index in [9.17, 15) is 25.9 Å². The minimum absolute atomic E-state index is 0.0361. The number of anilines is 2. The standard InChI is InChI=1S/C42H52N2O6S2/c1-8-9-13-23-43-35-22-19-29(3)25-34(35)41(4,5)38(43)17-11-10-12-18-39-42(6,7)40-32-21-20-31(51(45,46)47)26-33(32)37(52(48,49)50)27-36(40)44(39)30-16-14-15-28(2)24-30/h14-16,19-22,24-27,39H,8-13,17-18,23H2,1-7H3,(H-,45,46,47,48,49,50)/p+1. The summed E-state index contributed by atoms with van der Waals surface area (Å²) in [6.45, 7) is 16.5. The predicted molar refractivity (Wildman–Crippen MR) is 210 cm³/mol. The predicted octanol–water partition coefficient (Wildman–Crippen LogP) is 9.97. The highest BCUT2D eigenvalue weighted by Crippen LogP contribution is 2.54. The summed E-state index contributed by atoms with van der Waals surface area (Å²) in [6.07, 6.45) is 8.45. The molecule has 4 aromatic rings. The molecule has 6 rings (SSSR count). The van der Waals surface area contributed by atoms with Crippen LogP contribution in [-0.4, -0.2) is 48.8 Å². The van der Waals surface area contributed by atoms with E-state index in [1.807, 2.05) is 25.1 Å². The van der Waals surface area contributed by atoms with Crippen LogP contribution in [0.25, 0.3) is 10.8 Å². The fraction of sp³-hybridized carbons (Fsp3) is 0.452. The van der Waals surface area contributed by atoms with Crippen molar-refractivity contribution >= 4 is 53.8 Å². The van der Waals surface area contributed by atoms with E-state index in [0.29, 0.717) is 11.1 Å². The molecule has 2 aliphatic rings. The molecule has 0 fully saturated rings. The number of benzene rings is 4. The topological polar surface area (TPSA) is 115 Å². The second-order valence-corrected chi connectivity index (χ2v) is 18.7. The van der Waals surface area contributed by atoms with Crippen molar-refractivity contribution < 1.29 is 30.5 Å². The van der Waals surface area contributed by atoms with Gasteiger partial charge in [0.25, 0.3) is 20.2 Å². The summed E-state index contributed by atoms with van der Waals surface area (Å²) in [5.41, 5.74) is 8.54. The average molecular weight is 746 g/mol. The highest BCUT2D eigenvalue weighted by atomic mass is 32.2. The molecule has 2 N–H and O–H groups in total. The summed E-state index contributed by atoms with van der Waals surface area (Å²) in [5.74, 6) is 0. The third kappa shape index (κ3) is 6.95. The van der Waals surface area contributed by atoms with Crippen LogP contribution in [0.15, 0.2) is 76.5 Å². The highest BCUT2D eigenvalue weighted by Gasteiger charge is 2.47. The first kappa shape index (κ1) is 38.2. The molecule has 0 aliphatic carbocycles. The molecular formula is C42H53N2O6S2+. The maximum absolute atomic E-state index is 12.9. The van der Waals surface area contributed by atoms with Gasteiger partial charge in [0.05, 0.1) is 10.3 Å². The first-order valence-corrected chi connectivity index (χ1v) is 21.4. The Morgan fingerprint density at radius 3 is 2.17 bits per heavy atom. The number of hydrogen-bond donors (Lipinski definition) is 2. The smallest absolute Gasteiger partial charge is 0.295 e. The van der Waals surface area contributed by atoms with Crippen molar-refractivity contribution in [2.75, 3.05) is 11.4 Å². The van der Waals surface area contributed by atoms with Gasteiger partial charge in [-0.15, -0.1) is 0 Å². The minimum atomic E-state index is -4.77. The summed E-state index contributed by atoms with van der Waals surface area (Å²) in [5, 5.41) is 0.589. The zero-order chi connectivity index (χ0) is 37.8. The van der Waals surface area contributed by atoms with Gasteiger partial charge in [-0.3, -0.25) is 9.11 Å². The molecule has 10 heteroatoms. The Hall–Kier alpha value is -3.57. The van der Waals surface area contributed by atoms with Gasteiger partial charge in [-0.25, -0.2) is 0 Å². The normalized spacial score (nSPS) is 17.9. The van der Waals surface area contributed by atoms with Crippen LogP contribution in [0.5, 0.6) is 0 Å². The zero-order valence-electron chi connectivity index (χ0n) is 31.5. The molecule has 0 saturated carbocycles. The van der Waals surface area contributed by atoms with Crippen molar-refractivity contribution in [1.29, 1.82) is 0 Å². The van der Waals surface area contributed by atoms with Crippen LogP contribution in [0.4, 0.5) is 17.1 Å². The van der Waals surface area contributed by atoms with Crippen LogP contribution < -0.4 is 4.90 Å². The molecule has 0 amide bonds. The Balaban J connectivity index is 1.33. The van der Waals surface area contributed by atoms with Crippen molar-refractivity contribution in [3.63, 3.8) is 0 Å². The fourth-order valence-corrected chi connectivity index (χ4v) is 10.1. The number of fused-ring (bicyclic) bond motifs is 4. The Kier molecular flexibility index (Phi) is 10.3. The van der Waals surface area contributed by atoms with Gasteiger partial charge in [-0.1, -0.05) is 69.9 Å². The Morgan fingerprint density at radius 2 is 1.50 bits per heavy atom. The summed E-state index contributed by atoms with van der Waals surface area (Å²) >= 11 is 0. The molecule has 2 aliphatic heterocycles. The van der Waals surface area contributed by atoms with E-state index in [2.05, 4.69) is 75.3 Å². The number of hydrogen-bond acceptors (Lipinski definition) is 5. The van der Waals surface area contributed by atoms with Crippen LogP contribution in [0.1, 0.15) is 108 Å². The molecule has 8 nitrogen and oxygen atoms in total. The molecule has 0 spiro atoms. The summed E-state index contributed by atoms with van der Waals surface area (Å²) in [4.78, 5) is 1.38. The lowest BCUT2D eigenvalue weighted by Gasteiger charge is -2.35. The van der Waals surface area contributed by atoms with Crippen molar-refractivity contribution in [1.82, 2.24) is 0 Å². The Labute approximate surface area is 310 Å². The largest absolute Gasteiger partial charge is 0.337 e. The molecule has 1 unspecified atom stereocenters. The molecule has 1 atom stereocenters. The summed E-state index contributed by atoms with van der Waals surface area (Å²) in [6, 6.07) is 20.4. The SMILES string of the molecule is CCCCC[N+]1=C(CCCCCC2N(c3cccc(C)c3)c3cc(S(=O)(=O)O)c4cc(S(=O)(=O)O)ccc4c3C2(C)C)C(C)(C)c2cc(C)ccc21. The Bertz CT molecular complexity index is 2290. The van der Waals surface area contributed by atoms with Gasteiger partial charge >= 0.3 is 0 Å². The van der Waals surface area contributed by atoms with Crippen molar-refractivity contribution in [3.8, 4) is 0 Å². The quantitative estimate of drug-likeness (QED) is 0.0795. The summed E-state index contributed by atoms with van der Waals surface area (Å²) < 4.78 is 72.7. The van der Waals surface area contributed by atoms with Crippen molar-refractivity contribution in [2.24, 2.45) is 0 Å². The molecule has 0 bridgehead atoms. The number of unbranched alkanes of at least 4 members (excludes halogenated alkanes) is 4. The van der Waals surface area contributed by atoms with Gasteiger partial charge in [-0.2, -0.15) is 21.4 Å². The van der Waals surface area contributed by atoms with E-state index >= 15 is 0 Å². The van der Waals surface area contributed by atoms with Crippen LogP contribution >= 0.6 is 0 Å². The lowest BCUT2D eigenvalue weighted by Crippen LogP contribution is -2.39. The van der Waals surface area contributed by atoms with Crippen LogP contribution in [0.2, 0.25) is 0 Å². The first-order chi connectivity index (χ1) is 24.4. The third-order valence-electron chi connectivity index (χ3n) is 11.5. The molecule has 278 valence electrons. The lowest BCUT2D eigenvalue weighted by atomic mass is 9.76. The maximum Gasteiger partial charge on any atom is 0.295 e. The van der Waals surface area contributed by atoms with Gasteiger partial charge in [0.1, 0.15) is 11.4 Å². The molecule has 0 saturated heterocycles. The van der Waals surface area contributed by atoms with Crippen molar-refractivity contribution in [2.45, 2.75) is 126 Å². The highest BCUT2D eigenvalue weighted by molar-refractivity contribution is 7.86. The number of rotatable bonds is 13. The number of aryl methyl sites for hydroxylation is 2. The van der Waals surface area contributed by atoms with Crippen LogP contribution in [0.3, 0.4) is 0 Å². The van der Waals surface area contributed by atoms with Crippen LogP contribution in [-0.2, 0) is 31.1 Å². The van der Waals surface area contributed by atoms with E-state index in [1.54, 1.807) is 6.07 Å². The maximum atomic E-state index is 12.9.